The Kier molecular flexibility index (Phi) is 6.04. The number of carbonyl (C=O) groups is 1. The molecule has 4 rings (SSSR count). The zero-order valence-electron chi connectivity index (χ0n) is 17.1. The first-order chi connectivity index (χ1) is 14.4. The molecule has 8 heteroatoms. The third-order valence-electron chi connectivity index (χ3n) is 5.72. The van der Waals surface area contributed by atoms with E-state index in [9.17, 15) is 9.59 Å². The van der Waals surface area contributed by atoms with Crippen molar-refractivity contribution in [3.05, 3.63) is 67.9 Å². The van der Waals surface area contributed by atoms with Crippen molar-refractivity contribution >= 4 is 23.1 Å². The second-order valence-corrected chi connectivity index (χ2v) is 8.13. The fraction of sp³-hybridized carbons (Fsp3) is 0.409. The Bertz CT molecular complexity index is 1060. The van der Waals surface area contributed by atoms with Gasteiger partial charge in [-0.05, 0) is 42.7 Å². The summed E-state index contributed by atoms with van der Waals surface area (Å²) in [5.41, 5.74) is 5.10. The predicted octanol–water partition coefficient (Wildman–Crippen LogP) is 2.32. The van der Waals surface area contributed by atoms with Crippen molar-refractivity contribution in [2.45, 2.75) is 32.5 Å². The van der Waals surface area contributed by atoms with Crippen LogP contribution in [-0.2, 0) is 17.8 Å². The van der Waals surface area contributed by atoms with Gasteiger partial charge in [0.1, 0.15) is 10.8 Å². The predicted molar refractivity (Wildman–Crippen MR) is 116 cm³/mol. The Labute approximate surface area is 180 Å². The first-order valence-corrected chi connectivity index (χ1v) is 10.5. The Hall–Kier alpha value is -2.48. The molecule has 30 heavy (non-hydrogen) atoms. The molecule has 1 amide bonds. The van der Waals surface area contributed by atoms with Gasteiger partial charge in [0.15, 0.2) is 0 Å². The van der Waals surface area contributed by atoms with Gasteiger partial charge in [-0.25, -0.2) is 4.98 Å². The normalized spacial score (nSPS) is 19.2. The number of aromatic nitrogens is 2. The fourth-order valence-electron chi connectivity index (χ4n) is 3.99. The van der Waals surface area contributed by atoms with Crippen LogP contribution in [0.5, 0.6) is 0 Å². The molecule has 2 aromatic heterocycles. The van der Waals surface area contributed by atoms with Crippen LogP contribution in [0.4, 0.5) is 0 Å². The van der Waals surface area contributed by atoms with E-state index in [2.05, 4.69) is 26.3 Å². The first-order valence-electron chi connectivity index (χ1n) is 10.1. The van der Waals surface area contributed by atoms with Crippen molar-refractivity contribution in [3.63, 3.8) is 0 Å². The molecule has 1 atom stereocenters. The standard InChI is InChI=1S/C22H25ClN4O3/c1-13-9-15-12-30-16(10-19(15)26-21(13)28)11-27-7-5-14(6-8-27)17-3-4-18(22(29)24-2)25-20(17)23/h3-5,9,16H,6-8,10-12H2,1-2H3,(H,24,29)(H,26,28). The average Bonchev–Trinajstić information content (AvgIpc) is 2.75. The highest BCUT2D eigenvalue weighted by atomic mass is 35.5. The lowest BCUT2D eigenvalue weighted by molar-refractivity contribution is 0.00550. The van der Waals surface area contributed by atoms with Crippen LogP contribution in [0.2, 0.25) is 5.15 Å². The average molecular weight is 429 g/mol. The molecule has 0 saturated carbocycles. The molecule has 0 fully saturated rings. The van der Waals surface area contributed by atoms with E-state index in [0.717, 1.165) is 54.0 Å². The quantitative estimate of drug-likeness (QED) is 0.730. The number of hydrogen-bond acceptors (Lipinski definition) is 5. The molecule has 7 nitrogen and oxygen atoms in total. The molecule has 0 aromatic carbocycles. The van der Waals surface area contributed by atoms with Crippen molar-refractivity contribution < 1.29 is 9.53 Å². The highest BCUT2D eigenvalue weighted by Crippen LogP contribution is 2.28. The zero-order valence-corrected chi connectivity index (χ0v) is 17.9. The van der Waals surface area contributed by atoms with Gasteiger partial charge in [-0.1, -0.05) is 17.7 Å². The smallest absolute Gasteiger partial charge is 0.269 e. The second kappa shape index (κ2) is 8.71. The monoisotopic (exact) mass is 428 g/mol. The van der Waals surface area contributed by atoms with Crippen LogP contribution in [0.1, 0.15) is 39.3 Å². The van der Waals surface area contributed by atoms with Crippen molar-refractivity contribution in [2.75, 3.05) is 26.7 Å². The topological polar surface area (TPSA) is 87.3 Å². The van der Waals surface area contributed by atoms with Gasteiger partial charge < -0.3 is 15.0 Å². The second-order valence-electron chi connectivity index (χ2n) is 7.78. The summed E-state index contributed by atoms with van der Waals surface area (Å²) < 4.78 is 6.03. The Balaban J connectivity index is 1.39. The van der Waals surface area contributed by atoms with Gasteiger partial charge in [0, 0.05) is 49.9 Å². The molecule has 0 saturated heterocycles. The van der Waals surface area contributed by atoms with Gasteiger partial charge in [0.25, 0.3) is 11.5 Å². The number of amides is 1. The summed E-state index contributed by atoms with van der Waals surface area (Å²) in [7, 11) is 1.57. The van der Waals surface area contributed by atoms with Gasteiger partial charge in [-0.15, -0.1) is 0 Å². The number of aromatic amines is 1. The lowest BCUT2D eigenvalue weighted by atomic mass is 9.99. The SMILES string of the molecule is CNC(=O)c1ccc(C2=CCN(CC3Cc4[nH]c(=O)c(C)cc4CO3)CC2)c(Cl)n1. The molecule has 0 spiro atoms. The number of nitrogens with zero attached hydrogens (tertiary/aromatic N) is 2. The Morgan fingerprint density at radius 3 is 2.97 bits per heavy atom. The number of nitrogens with one attached hydrogen (secondary N) is 2. The summed E-state index contributed by atoms with van der Waals surface area (Å²) in [6.45, 7) is 4.83. The Morgan fingerprint density at radius 1 is 1.43 bits per heavy atom. The minimum atomic E-state index is -0.252. The van der Waals surface area contributed by atoms with E-state index in [1.807, 2.05) is 19.1 Å². The van der Waals surface area contributed by atoms with E-state index in [4.69, 9.17) is 16.3 Å². The molecule has 4 heterocycles. The van der Waals surface area contributed by atoms with Crippen molar-refractivity contribution in [1.29, 1.82) is 0 Å². The summed E-state index contributed by atoms with van der Waals surface area (Å²) in [5, 5.41) is 2.90. The number of aryl methyl sites for hydroxylation is 1. The lowest BCUT2D eigenvalue weighted by Crippen LogP contribution is -2.39. The van der Waals surface area contributed by atoms with Crippen molar-refractivity contribution in [2.24, 2.45) is 0 Å². The molecule has 2 aliphatic rings. The van der Waals surface area contributed by atoms with Crippen molar-refractivity contribution in [1.82, 2.24) is 20.2 Å². The van der Waals surface area contributed by atoms with Crippen LogP contribution in [-0.4, -0.2) is 53.6 Å². The molecule has 158 valence electrons. The molecular weight excluding hydrogens is 404 g/mol. The number of fused-ring (bicyclic) bond motifs is 1. The first kappa shape index (κ1) is 20.8. The van der Waals surface area contributed by atoms with Crippen LogP contribution in [0.25, 0.3) is 5.57 Å². The van der Waals surface area contributed by atoms with E-state index in [-0.39, 0.29) is 17.6 Å². The summed E-state index contributed by atoms with van der Waals surface area (Å²) in [6, 6.07) is 5.48. The summed E-state index contributed by atoms with van der Waals surface area (Å²) in [4.78, 5) is 33.2. The van der Waals surface area contributed by atoms with E-state index in [1.165, 1.54) is 0 Å². The molecular formula is C22H25ClN4O3. The van der Waals surface area contributed by atoms with Crippen LogP contribution in [0.15, 0.2) is 29.1 Å². The molecule has 2 aliphatic heterocycles. The number of pyridine rings is 2. The maximum absolute atomic E-state index is 11.9. The number of carbonyl (C=O) groups excluding carboxylic acids is 1. The lowest BCUT2D eigenvalue weighted by Gasteiger charge is -2.32. The van der Waals surface area contributed by atoms with E-state index in [0.29, 0.717) is 23.9 Å². The maximum Gasteiger partial charge on any atom is 0.269 e. The number of hydrogen-bond donors (Lipinski definition) is 2. The number of H-pyrrole nitrogens is 1. The molecule has 2 N–H and O–H groups in total. The van der Waals surface area contributed by atoms with E-state index < -0.39 is 0 Å². The summed E-state index contributed by atoms with van der Waals surface area (Å²) in [5.74, 6) is -0.252. The largest absolute Gasteiger partial charge is 0.372 e. The van der Waals surface area contributed by atoms with E-state index in [1.54, 1.807) is 13.1 Å². The molecule has 0 radical (unpaired) electrons. The number of rotatable bonds is 4. The third-order valence-corrected chi connectivity index (χ3v) is 6.00. The minimum absolute atomic E-state index is 0.0205. The molecule has 2 aromatic rings. The minimum Gasteiger partial charge on any atom is -0.372 e. The van der Waals surface area contributed by atoms with Gasteiger partial charge in [-0.3, -0.25) is 14.5 Å². The number of ether oxygens (including phenoxy) is 1. The fourth-order valence-corrected chi connectivity index (χ4v) is 4.27. The summed E-state index contributed by atoms with van der Waals surface area (Å²) in [6.07, 6.45) is 3.78. The Morgan fingerprint density at radius 2 is 2.27 bits per heavy atom. The maximum atomic E-state index is 11.9. The third kappa shape index (κ3) is 4.33. The molecule has 1 unspecified atom stereocenters. The number of halogens is 1. The zero-order chi connectivity index (χ0) is 21.3. The van der Waals surface area contributed by atoms with E-state index >= 15 is 0 Å². The van der Waals surface area contributed by atoms with Crippen LogP contribution >= 0.6 is 11.6 Å². The van der Waals surface area contributed by atoms with Crippen LogP contribution in [0, 0.1) is 6.92 Å². The highest BCUT2D eigenvalue weighted by molar-refractivity contribution is 6.31. The molecule has 0 aliphatic carbocycles. The van der Waals surface area contributed by atoms with Gasteiger partial charge >= 0.3 is 0 Å². The van der Waals surface area contributed by atoms with Gasteiger partial charge in [-0.2, -0.15) is 0 Å². The van der Waals surface area contributed by atoms with Gasteiger partial charge in [0.2, 0.25) is 0 Å². The van der Waals surface area contributed by atoms with Gasteiger partial charge in [0.05, 0.1) is 12.7 Å². The van der Waals surface area contributed by atoms with Crippen LogP contribution < -0.4 is 10.9 Å². The van der Waals surface area contributed by atoms with Crippen molar-refractivity contribution in [3.8, 4) is 0 Å². The summed E-state index contributed by atoms with van der Waals surface area (Å²) >= 11 is 6.33. The van der Waals surface area contributed by atoms with Crippen LogP contribution in [0.3, 0.4) is 0 Å². The molecule has 0 bridgehead atoms. The highest BCUT2D eigenvalue weighted by Gasteiger charge is 2.24.